The summed E-state index contributed by atoms with van der Waals surface area (Å²) in [5.74, 6) is -0.807. The lowest BCUT2D eigenvalue weighted by Crippen LogP contribution is -2.37. The summed E-state index contributed by atoms with van der Waals surface area (Å²) in [6.07, 6.45) is 0. The quantitative estimate of drug-likeness (QED) is 0.460. The maximum atomic E-state index is 13.3. The molecule has 0 unspecified atom stereocenters. The van der Waals surface area contributed by atoms with Gasteiger partial charge >= 0.3 is 0 Å². The van der Waals surface area contributed by atoms with Crippen LogP contribution in [-0.4, -0.2) is 31.1 Å². The van der Waals surface area contributed by atoms with E-state index in [0.717, 1.165) is 4.31 Å². The number of hydrogen-bond donors (Lipinski definition) is 2. The van der Waals surface area contributed by atoms with Gasteiger partial charge in [0.2, 0.25) is 21.8 Å². The molecule has 172 valence electrons. The molecular weight excluding hydrogens is 485 g/mol. The van der Waals surface area contributed by atoms with Gasteiger partial charge in [0, 0.05) is 34.9 Å². The van der Waals surface area contributed by atoms with Crippen LogP contribution in [0.5, 0.6) is 0 Å². The fraction of sp³-hybridized carbons (Fsp3) is 0.130. The second kappa shape index (κ2) is 10.8. The lowest BCUT2D eigenvalue weighted by Gasteiger charge is -2.22. The Kier molecular flexibility index (Phi) is 8.10. The lowest BCUT2D eigenvalue weighted by atomic mass is 10.2. The third-order valence-electron chi connectivity index (χ3n) is 4.53. The van der Waals surface area contributed by atoms with E-state index in [9.17, 15) is 18.0 Å². The monoisotopic (exact) mass is 505 g/mol. The number of carbonyl (C=O) groups excluding carboxylic acids is 2. The lowest BCUT2D eigenvalue weighted by molar-refractivity contribution is -0.116. The van der Waals surface area contributed by atoms with Gasteiger partial charge in [-0.1, -0.05) is 53.5 Å². The highest BCUT2D eigenvalue weighted by Crippen LogP contribution is 2.25. The van der Waals surface area contributed by atoms with Gasteiger partial charge in [0.1, 0.15) is 0 Å². The molecule has 3 rings (SSSR count). The molecule has 0 bridgehead atoms. The molecule has 0 aliphatic heterocycles. The summed E-state index contributed by atoms with van der Waals surface area (Å²) < 4.78 is 27.7. The Morgan fingerprint density at radius 2 is 1.55 bits per heavy atom. The fourth-order valence-electron chi connectivity index (χ4n) is 3.05. The molecule has 2 N–H and O–H groups in total. The first-order valence-electron chi connectivity index (χ1n) is 9.82. The number of nitrogens with one attached hydrogen (secondary N) is 2. The van der Waals surface area contributed by atoms with E-state index >= 15 is 0 Å². The SMILES string of the molecule is CC(=O)Nc1cccc(NC(=O)CN(Cc2ccc(Cl)cc2Cl)S(=O)(=O)c2ccccc2)c1. The molecule has 0 aliphatic carbocycles. The number of nitrogens with zero attached hydrogens (tertiary/aromatic N) is 1. The minimum Gasteiger partial charge on any atom is -0.326 e. The molecule has 0 heterocycles. The first-order valence-corrected chi connectivity index (χ1v) is 12.0. The van der Waals surface area contributed by atoms with Crippen LogP contribution in [0, 0.1) is 0 Å². The molecule has 0 spiro atoms. The number of amides is 2. The number of benzene rings is 3. The van der Waals surface area contributed by atoms with Gasteiger partial charge in [-0.05, 0) is 48.0 Å². The fourth-order valence-corrected chi connectivity index (χ4v) is 4.91. The molecule has 0 radical (unpaired) electrons. The van der Waals surface area contributed by atoms with Crippen molar-refractivity contribution in [2.24, 2.45) is 0 Å². The number of hydrogen-bond acceptors (Lipinski definition) is 4. The molecule has 0 saturated carbocycles. The average Bonchev–Trinajstić information content (AvgIpc) is 2.75. The second-order valence-corrected chi connectivity index (χ2v) is 9.91. The van der Waals surface area contributed by atoms with Crippen LogP contribution in [0.3, 0.4) is 0 Å². The van der Waals surface area contributed by atoms with E-state index < -0.39 is 22.5 Å². The van der Waals surface area contributed by atoms with Crippen molar-refractivity contribution in [3.63, 3.8) is 0 Å². The summed E-state index contributed by atoms with van der Waals surface area (Å²) in [4.78, 5) is 24.1. The van der Waals surface area contributed by atoms with E-state index in [-0.39, 0.29) is 17.3 Å². The molecule has 10 heteroatoms. The highest BCUT2D eigenvalue weighted by atomic mass is 35.5. The van der Waals surface area contributed by atoms with Gasteiger partial charge in [-0.15, -0.1) is 0 Å². The van der Waals surface area contributed by atoms with E-state index in [1.165, 1.54) is 25.1 Å². The van der Waals surface area contributed by atoms with Gasteiger partial charge in [-0.2, -0.15) is 4.31 Å². The first kappa shape index (κ1) is 24.7. The van der Waals surface area contributed by atoms with E-state index in [1.807, 2.05) is 0 Å². The highest BCUT2D eigenvalue weighted by Gasteiger charge is 2.27. The third-order valence-corrected chi connectivity index (χ3v) is 6.92. The number of sulfonamides is 1. The molecule has 33 heavy (non-hydrogen) atoms. The number of halogens is 2. The Hall–Kier alpha value is -2.91. The van der Waals surface area contributed by atoms with Crippen LogP contribution in [0.25, 0.3) is 0 Å². The zero-order valence-electron chi connectivity index (χ0n) is 17.6. The molecule has 3 aromatic rings. The minimum absolute atomic E-state index is 0.0514. The van der Waals surface area contributed by atoms with Gasteiger partial charge < -0.3 is 10.6 Å². The second-order valence-electron chi connectivity index (χ2n) is 7.13. The van der Waals surface area contributed by atoms with Crippen molar-refractivity contribution in [1.82, 2.24) is 4.31 Å². The minimum atomic E-state index is -4.01. The number of anilines is 2. The van der Waals surface area contributed by atoms with Crippen molar-refractivity contribution in [3.05, 3.63) is 88.4 Å². The Morgan fingerprint density at radius 3 is 2.18 bits per heavy atom. The van der Waals surface area contributed by atoms with E-state index in [0.29, 0.717) is 27.0 Å². The van der Waals surface area contributed by atoms with E-state index in [1.54, 1.807) is 54.6 Å². The standard InChI is InChI=1S/C23H21Cl2N3O4S/c1-16(29)26-19-6-5-7-20(13-19)27-23(30)15-28(14-17-10-11-18(24)12-22(17)25)33(31,32)21-8-3-2-4-9-21/h2-13H,14-15H2,1H3,(H,26,29)(H,27,30). The molecule has 2 amide bonds. The molecule has 7 nitrogen and oxygen atoms in total. The van der Waals surface area contributed by atoms with Gasteiger partial charge in [0.25, 0.3) is 0 Å². The largest absolute Gasteiger partial charge is 0.326 e. The van der Waals surface area contributed by atoms with Gasteiger partial charge in [-0.25, -0.2) is 8.42 Å². The summed E-state index contributed by atoms with van der Waals surface area (Å²) in [6.45, 7) is 0.784. The topological polar surface area (TPSA) is 95.6 Å². The molecular formula is C23H21Cl2N3O4S. The Morgan fingerprint density at radius 1 is 0.879 bits per heavy atom. The first-order chi connectivity index (χ1) is 15.6. The van der Waals surface area contributed by atoms with Crippen LogP contribution in [0.15, 0.2) is 77.7 Å². The van der Waals surface area contributed by atoms with Gasteiger partial charge in [-0.3, -0.25) is 9.59 Å². The Bertz CT molecular complexity index is 1270. The van der Waals surface area contributed by atoms with Crippen LogP contribution in [0.1, 0.15) is 12.5 Å². The predicted molar refractivity (Wildman–Crippen MR) is 130 cm³/mol. The maximum absolute atomic E-state index is 13.3. The molecule has 0 atom stereocenters. The number of carbonyl (C=O) groups is 2. The zero-order valence-corrected chi connectivity index (χ0v) is 19.9. The summed E-state index contributed by atoms with van der Waals surface area (Å²) in [7, 11) is -4.01. The van der Waals surface area contributed by atoms with Crippen molar-refractivity contribution >= 4 is 56.4 Å². The number of rotatable bonds is 8. The molecule has 3 aromatic carbocycles. The summed E-state index contributed by atoms with van der Waals surface area (Å²) in [6, 6.07) is 19.1. The van der Waals surface area contributed by atoms with E-state index in [2.05, 4.69) is 10.6 Å². The van der Waals surface area contributed by atoms with Crippen molar-refractivity contribution in [2.75, 3.05) is 17.2 Å². The normalized spacial score (nSPS) is 11.3. The van der Waals surface area contributed by atoms with Crippen LogP contribution in [0.4, 0.5) is 11.4 Å². The van der Waals surface area contributed by atoms with Gasteiger partial charge in [0.05, 0.1) is 11.4 Å². The summed E-state index contributed by atoms with van der Waals surface area (Å²) in [5.41, 5.74) is 1.41. The van der Waals surface area contributed by atoms with Crippen LogP contribution in [-0.2, 0) is 26.2 Å². The smallest absolute Gasteiger partial charge is 0.243 e. The Balaban J connectivity index is 1.86. The molecule has 0 saturated heterocycles. The van der Waals surface area contributed by atoms with E-state index in [4.69, 9.17) is 23.2 Å². The maximum Gasteiger partial charge on any atom is 0.243 e. The van der Waals surface area contributed by atoms with Crippen LogP contribution in [0.2, 0.25) is 10.0 Å². The molecule has 0 aliphatic rings. The van der Waals surface area contributed by atoms with Crippen LogP contribution < -0.4 is 10.6 Å². The van der Waals surface area contributed by atoms with Crippen molar-refractivity contribution in [3.8, 4) is 0 Å². The predicted octanol–water partition coefficient (Wildman–Crippen LogP) is 4.78. The van der Waals surface area contributed by atoms with Gasteiger partial charge in [0.15, 0.2) is 0 Å². The van der Waals surface area contributed by atoms with Crippen molar-refractivity contribution in [2.45, 2.75) is 18.4 Å². The summed E-state index contributed by atoms with van der Waals surface area (Å²) in [5, 5.41) is 6.00. The zero-order chi connectivity index (χ0) is 24.0. The highest BCUT2D eigenvalue weighted by molar-refractivity contribution is 7.89. The van der Waals surface area contributed by atoms with Crippen molar-refractivity contribution in [1.29, 1.82) is 0 Å². The van der Waals surface area contributed by atoms with Crippen molar-refractivity contribution < 1.29 is 18.0 Å². The van der Waals surface area contributed by atoms with Crippen LogP contribution >= 0.6 is 23.2 Å². The Labute approximate surface area is 202 Å². The molecule has 0 fully saturated rings. The summed E-state index contributed by atoms with van der Waals surface area (Å²) >= 11 is 12.2. The third kappa shape index (κ3) is 6.79. The molecule has 0 aromatic heterocycles. The average molecular weight is 506 g/mol.